The van der Waals surface area contributed by atoms with Gasteiger partial charge < -0.3 is 9.47 Å². The molecule has 20 heavy (non-hydrogen) atoms. The maximum atomic E-state index is 5.62. The molecule has 0 aliphatic carbocycles. The number of ether oxygens (including phenoxy) is 2. The first-order valence-electron chi connectivity index (χ1n) is 6.68. The van der Waals surface area contributed by atoms with Crippen molar-refractivity contribution in [3.8, 4) is 22.6 Å². The molecule has 0 N–H and O–H groups in total. The van der Waals surface area contributed by atoms with Gasteiger partial charge in [-0.25, -0.2) is 0 Å². The minimum Gasteiger partial charge on any atom is -0.496 e. The molecular weight excluding hydrogens is 272 g/mol. The summed E-state index contributed by atoms with van der Waals surface area (Å²) in [5.41, 5.74) is 3.48. The van der Waals surface area contributed by atoms with Crippen LogP contribution < -0.4 is 9.47 Å². The first-order valence-corrected chi connectivity index (χ1v) is 7.22. The number of rotatable bonds is 6. The molecule has 0 saturated carbocycles. The monoisotopic (exact) mass is 290 g/mol. The van der Waals surface area contributed by atoms with E-state index in [1.54, 1.807) is 7.11 Å². The number of halogens is 1. The molecule has 0 aromatic heterocycles. The quantitative estimate of drug-likeness (QED) is 0.568. The van der Waals surface area contributed by atoms with Crippen LogP contribution in [0.25, 0.3) is 11.1 Å². The number of hydrogen-bond acceptors (Lipinski definition) is 2. The normalized spacial score (nSPS) is 10.3. The van der Waals surface area contributed by atoms with Crippen LogP contribution in [0.15, 0.2) is 42.5 Å². The molecule has 0 atom stereocenters. The fourth-order valence-corrected chi connectivity index (χ4v) is 2.16. The summed E-state index contributed by atoms with van der Waals surface area (Å²) in [4.78, 5) is 0. The molecule has 2 aromatic carbocycles. The van der Waals surface area contributed by atoms with E-state index in [-0.39, 0.29) is 0 Å². The van der Waals surface area contributed by atoms with Gasteiger partial charge in [-0.05, 0) is 54.3 Å². The molecule has 0 amide bonds. The molecule has 3 heteroatoms. The summed E-state index contributed by atoms with van der Waals surface area (Å²) in [6.07, 6.45) is 0.862. The topological polar surface area (TPSA) is 18.5 Å². The molecular formula is C17H19ClO2. The number of aryl methyl sites for hydroxylation is 1. The van der Waals surface area contributed by atoms with Crippen molar-refractivity contribution in [2.45, 2.75) is 13.3 Å². The van der Waals surface area contributed by atoms with E-state index >= 15 is 0 Å². The zero-order valence-corrected chi connectivity index (χ0v) is 12.6. The maximum absolute atomic E-state index is 5.62. The van der Waals surface area contributed by atoms with Crippen molar-refractivity contribution in [3.05, 3.63) is 48.0 Å². The molecule has 106 valence electrons. The van der Waals surface area contributed by atoms with Crippen LogP contribution in [0.1, 0.15) is 12.0 Å². The van der Waals surface area contributed by atoms with Gasteiger partial charge in [-0.1, -0.05) is 18.2 Å². The SMILES string of the molecule is COc1ccc(-c2ccc(OCCCCl)cc2)cc1C. The Kier molecular flexibility index (Phi) is 5.31. The lowest BCUT2D eigenvalue weighted by atomic mass is 10.0. The first kappa shape index (κ1) is 14.7. The average Bonchev–Trinajstić information content (AvgIpc) is 2.48. The van der Waals surface area contributed by atoms with Crippen LogP contribution in [0.3, 0.4) is 0 Å². The van der Waals surface area contributed by atoms with Gasteiger partial charge in [0.05, 0.1) is 13.7 Å². The highest BCUT2D eigenvalue weighted by Gasteiger charge is 2.03. The van der Waals surface area contributed by atoms with E-state index in [1.807, 2.05) is 25.1 Å². The molecule has 0 saturated heterocycles. The third-order valence-electron chi connectivity index (χ3n) is 3.13. The largest absolute Gasteiger partial charge is 0.496 e. The Morgan fingerprint density at radius 3 is 2.30 bits per heavy atom. The van der Waals surface area contributed by atoms with Crippen LogP contribution in [0, 0.1) is 6.92 Å². The lowest BCUT2D eigenvalue weighted by Crippen LogP contribution is -1.97. The molecule has 0 radical (unpaired) electrons. The highest BCUT2D eigenvalue weighted by molar-refractivity contribution is 6.17. The number of alkyl halides is 1. The smallest absolute Gasteiger partial charge is 0.121 e. The second kappa shape index (κ2) is 7.20. The van der Waals surface area contributed by atoms with Crippen LogP contribution in [-0.4, -0.2) is 19.6 Å². The second-order valence-electron chi connectivity index (χ2n) is 4.60. The Hall–Kier alpha value is -1.67. The molecule has 2 nitrogen and oxygen atoms in total. The Morgan fingerprint density at radius 2 is 1.70 bits per heavy atom. The van der Waals surface area contributed by atoms with E-state index in [9.17, 15) is 0 Å². The summed E-state index contributed by atoms with van der Waals surface area (Å²) >= 11 is 5.62. The Bertz CT molecular complexity index is 549. The van der Waals surface area contributed by atoms with Gasteiger partial charge in [-0.3, -0.25) is 0 Å². The van der Waals surface area contributed by atoms with E-state index in [0.717, 1.165) is 23.5 Å². The molecule has 0 fully saturated rings. The molecule has 0 spiro atoms. The minimum atomic E-state index is 0.628. The Morgan fingerprint density at radius 1 is 1.00 bits per heavy atom. The molecule has 0 unspecified atom stereocenters. The standard InChI is InChI=1S/C17H19ClO2/c1-13-12-15(6-9-17(13)19-2)14-4-7-16(8-5-14)20-11-3-10-18/h4-9,12H,3,10-11H2,1-2H3. The second-order valence-corrected chi connectivity index (χ2v) is 4.98. The van der Waals surface area contributed by atoms with Gasteiger partial charge in [0.2, 0.25) is 0 Å². The van der Waals surface area contributed by atoms with Gasteiger partial charge in [0.25, 0.3) is 0 Å². The van der Waals surface area contributed by atoms with Crippen molar-refractivity contribution in [3.63, 3.8) is 0 Å². The van der Waals surface area contributed by atoms with Gasteiger partial charge >= 0.3 is 0 Å². The highest BCUT2D eigenvalue weighted by atomic mass is 35.5. The lowest BCUT2D eigenvalue weighted by Gasteiger charge is -2.09. The molecule has 2 rings (SSSR count). The molecule has 0 aliphatic heterocycles. The zero-order valence-electron chi connectivity index (χ0n) is 11.9. The van der Waals surface area contributed by atoms with Crippen molar-refractivity contribution < 1.29 is 9.47 Å². The fourth-order valence-electron chi connectivity index (χ4n) is 2.05. The van der Waals surface area contributed by atoms with Gasteiger partial charge in [0.1, 0.15) is 11.5 Å². The summed E-state index contributed by atoms with van der Waals surface area (Å²) in [6.45, 7) is 2.70. The van der Waals surface area contributed by atoms with E-state index < -0.39 is 0 Å². The number of hydrogen-bond donors (Lipinski definition) is 0. The van der Waals surface area contributed by atoms with Crippen molar-refractivity contribution in [2.24, 2.45) is 0 Å². The molecule has 2 aromatic rings. The van der Waals surface area contributed by atoms with Gasteiger partial charge in [0, 0.05) is 5.88 Å². The van der Waals surface area contributed by atoms with Crippen molar-refractivity contribution in [1.29, 1.82) is 0 Å². The average molecular weight is 291 g/mol. The minimum absolute atomic E-state index is 0.628. The molecule has 0 bridgehead atoms. The lowest BCUT2D eigenvalue weighted by molar-refractivity contribution is 0.318. The maximum Gasteiger partial charge on any atom is 0.121 e. The van der Waals surface area contributed by atoms with Crippen LogP contribution in [-0.2, 0) is 0 Å². The third kappa shape index (κ3) is 3.67. The van der Waals surface area contributed by atoms with Crippen molar-refractivity contribution >= 4 is 11.6 Å². The number of benzene rings is 2. The molecule has 0 heterocycles. The summed E-state index contributed by atoms with van der Waals surface area (Å²) < 4.78 is 10.9. The van der Waals surface area contributed by atoms with Crippen LogP contribution in [0.4, 0.5) is 0 Å². The first-order chi connectivity index (χ1) is 9.74. The third-order valence-corrected chi connectivity index (χ3v) is 3.40. The summed E-state index contributed by atoms with van der Waals surface area (Å²) in [5, 5.41) is 0. The highest BCUT2D eigenvalue weighted by Crippen LogP contribution is 2.27. The number of methoxy groups -OCH3 is 1. The predicted molar refractivity (Wildman–Crippen MR) is 84.0 cm³/mol. The van der Waals surface area contributed by atoms with Gasteiger partial charge in [-0.15, -0.1) is 11.6 Å². The van der Waals surface area contributed by atoms with Crippen LogP contribution in [0.2, 0.25) is 0 Å². The zero-order chi connectivity index (χ0) is 14.4. The summed E-state index contributed by atoms with van der Waals surface area (Å²) in [6, 6.07) is 14.3. The summed E-state index contributed by atoms with van der Waals surface area (Å²) in [7, 11) is 1.69. The Labute approximate surface area is 125 Å². The van der Waals surface area contributed by atoms with E-state index in [4.69, 9.17) is 21.1 Å². The van der Waals surface area contributed by atoms with Crippen molar-refractivity contribution in [1.82, 2.24) is 0 Å². The van der Waals surface area contributed by atoms with Crippen LogP contribution in [0.5, 0.6) is 11.5 Å². The Balaban J connectivity index is 2.11. The summed E-state index contributed by atoms with van der Waals surface area (Å²) in [5.74, 6) is 2.42. The van der Waals surface area contributed by atoms with Crippen molar-refractivity contribution in [2.75, 3.05) is 19.6 Å². The van der Waals surface area contributed by atoms with E-state index in [2.05, 4.69) is 24.3 Å². The fraction of sp³-hybridized carbons (Fsp3) is 0.294. The van der Waals surface area contributed by atoms with Gasteiger partial charge in [-0.2, -0.15) is 0 Å². The molecule has 0 aliphatic rings. The van der Waals surface area contributed by atoms with Crippen LogP contribution >= 0.6 is 11.6 Å². The van der Waals surface area contributed by atoms with E-state index in [1.165, 1.54) is 11.1 Å². The van der Waals surface area contributed by atoms with E-state index in [0.29, 0.717) is 12.5 Å². The predicted octanol–water partition coefficient (Wildman–Crippen LogP) is 4.68. The van der Waals surface area contributed by atoms with Gasteiger partial charge in [0.15, 0.2) is 0 Å².